The van der Waals surface area contributed by atoms with Gasteiger partial charge in [0, 0.05) is 24.6 Å². The summed E-state index contributed by atoms with van der Waals surface area (Å²) in [5.74, 6) is -0.541. The van der Waals surface area contributed by atoms with Crippen molar-refractivity contribution in [1.29, 1.82) is 0 Å². The second-order valence-corrected chi connectivity index (χ2v) is 6.57. The van der Waals surface area contributed by atoms with Gasteiger partial charge >= 0.3 is 5.97 Å². The molecule has 2 aromatic rings. The zero-order chi connectivity index (χ0) is 19.3. The number of amides is 1. The minimum Gasteiger partial charge on any atom is -0.497 e. The Morgan fingerprint density at radius 3 is 2.50 bits per heavy atom. The first-order valence-electron chi connectivity index (χ1n) is 7.95. The van der Waals surface area contributed by atoms with E-state index in [-0.39, 0.29) is 17.4 Å². The van der Waals surface area contributed by atoms with Crippen LogP contribution in [-0.2, 0) is 11.2 Å². The maximum atomic E-state index is 12.9. The summed E-state index contributed by atoms with van der Waals surface area (Å²) < 4.78 is 5.25. The molecule has 26 heavy (non-hydrogen) atoms. The van der Waals surface area contributed by atoms with Gasteiger partial charge in [-0.05, 0) is 42.7 Å². The van der Waals surface area contributed by atoms with Gasteiger partial charge in [0.1, 0.15) is 5.75 Å². The fourth-order valence-electron chi connectivity index (χ4n) is 2.58. The summed E-state index contributed by atoms with van der Waals surface area (Å²) in [6, 6.07) is 10.1. The van der Waals surface area contributed by atoms with Crippen molar-refractivity contribution in [2.45, 2.75) is 19.3 Å². The highest BCUT2D eigenvalue weighted by molar-refractivity contribution is 6.37. The van der Waals surface area contributed by atoms with E-state index in [4.69, 9.17) is 33.0 Å². The van der Waals surface area contributed by atoms with Gasteiger partial charge in [-0.1, -0.05) is 29.3 Å². The Morgan fingerprint density at radius 1 is 1.15 bits per heavy atom. The van der Waals surface area contributed by atoms with Gasteiger partial charge in [0.15, 0.2) is 0 Å². The number of nitrogens with zero attached hydrogens (tertiary/aromatic N) is 1. The average Bonchev–Trinajstić information content (AvgIpc) is 2.60. The molecule has 0 saturated carbocycles. The fraction of sp³-hybridized carbons (Fsp3) is 0.263. The normalized spacial score (nSPS) is 10.5. The number of aryl methyl sites for hydroxylation is 1. The van der Waals surface area contributed by atoms with E-state index in [0.29, 0.717) is 34.9 Å². The van der Waals surface area contributed by atoms with Crippen molar-refractivity contribution in [2.75, 3.05) is 19.1 Å². The Labute approximate surface area is 162 Å². The molecule has 0 atom stereocenters. The second kappa shape index (κ2) is 8.92. The van der Waals surface area contributed by atoms with Gasteiger partial charge in [0.2, 0.25) is 0 Å². The molecule has 0 aliphatic heterocycles. The van der Waals surface area contributed by atoms with Gasteiger partial charge < -0.3 is 14.7 Å². The number of carboxylic acid groups (broad SMARTS) is 1. The molecule has 0 aliphatic carbocycles. The van der Waals surface area contributed by atoms with Gasteiger partial charge in [-0.3, -0.25) is 9.59 Å². The van der Waals surface area contributed by atoms with E-state index >= 15 is 0 Å². The van der Waals surface area contributed by atoms with Crippen molar-refractivity contribution < 1.29 is 19.4 Å². The number of carbonyl (C=O) groups excluding carboxylic acids is 1. The Hall–Kier alpha value is -2.24. The summed E-state index contributed by atoms with van der Waals surface area (Å²) in [5.41, 5.74) is 1.83. The molecule has 5 nitrogen and oxygen atoms in total. The number of anilines is 1. The number of ether oxygens (including phenoxy) is 1. The second-order valence-electron chi connectivity index (χ2n) is 5.73. The minimum absolute atomic E-state index is 0.0616. The van der Waals surface area contributed by atoms with Crippen molar-refractivity contribution in [3.8, 4) is 5.75 Å². The third-order valence-corrected chi connectivity index (χ3v) is 4.50. The quantitative estimate of drug-likeness (QED) is 0.738. The Kier molecular flexibility index (Phi) is 6.89. The van der Waals surface area contributed by atoms with Crippen LogP contribution in [0.2, 0.25) is 10.0 Å². The fourth-order valence-corrected chi connectivity index (χ4v) is 3.07. The molecule has 138 valence electrons. The van der Waals surface area contributed by atoms with Crippen molar-refractivity contribution in [1.82, 2.24) is 0 Å². The van der Waals surface area contributed by atoms with E-state index < -0.39 is 5.97 Å². The molecule has 2 aromatic carbocycles. The number of carbonyl (C=O) groups is 2. The number of aliphatic carboxylic acids is 1. The van der Waals surface area contributed by atoms with E-state index in [1.165, 1.54) is 11.0 Å². The van der Waals surface area contributed by atoms with Crippen LogP contribution in [0.15, 0.2) is 36.4 Å². The summed E-state index contributed by atoms with van der Waals surface area (Å²) in [6.07, 6.45) is 1.06. The van der Waals surface area contributed by atoms with Gasteiger partial charge in [-0.15, -0.1) is 0 Å². The molecule has 0 heterocycles. The third kappa shape index (κ3) is 4.90. The zero-order valence-electron chi connectivity index (χ0n) is 14.5. The topological polar surface area (TPSA) is 66.8 Å². The SMILES string of the molecule is COc1ccc(CCCC(=O)O)c(N(C)C(=O)c2ccc(Cl)cc2Cl)c1. The zero-order valence-corrected chi connectivity index (χ0v) is 16.0. The molecule has 0 bridgehead atoms. The Balaban J connectivity index is 2.34. The van der Waals surface area contributed by atoms with E-state index in [0.717, 1.165) is 5.56 Å². The van der Waals surface area contributed by atoms with E-state index in [9.17, 15) is 9.59 Å². The number of rotatable bonds is 7. The van der Waals surface area contributed by atoms with Crippen LogP contribution >= 0.6 is 23.2 Å². The highest BCUT2D eigenvalue weighted by Crippen LogP contribution is 2.30. The van der Waals surface area contributed by atoms with Crippen LogP contribution in [0.1, 0.15) is 28.8 Å². The lowest BCUT2D eigenvalue weighted by molar-refractivity contribution is -0.137. The lowest BCUT2D eigenvalue weighted by Crippen LogP contribution is -2.27. The van der Waals surface area contributed by atoms with Crippen molar-refractivity contribution in [3.05, 3.63) is 57.6 Å². The smallest absolute Gasteiger partial charge is 0.303 e. The van der Waals surface area contributed by atoms with E-state index in [1.807, 2.05) is 6.07 Å². The van der Waals surface area contributed by atoms with Crippen LogP contribution in [-0.4, -0.2) is 31.1 Å². The first kappa shape index (κ1) is 20.1. The van der Waals surface area contributed by atoms with Crippen LogP contribution in [0, 0.1) is 0 Å². The third-order valence-electron chi connectivity index (χ3n) is 3.96. The molecule has 0 spiro atoms. The highest BCUT2D eigenvalue weighted by Gasteiger charge is 2.20. The monoisotopic (exact) mass is 395 g/mol. The molecule has 0 aromatic heterocycles. The number of carboxylic acids is 1. The van der Waals surface area contributed by atoms with Gasteiger partial charge in [0.25, 0.3) is 5.91 Å². The molecule has 0 saturated heterocycles. The van der Waals surface area contributed by atoms with Crippen molar-refractivity contribution >= 4 is 40.8 Å². The maximum Gasteiger partial charge on any atom is 0.303 e. The summed E-state index contributed by atoms with van der Waals surface area (Å²) >= 11 is 12.0. The van der Waals surface area contributed by atoms with Crippen molar-refractivity contribution in [2.24, 2.45) is 0 Å². The summed E-state index contributed by atoms with van der Waals surface area (Å²) in [7, 11) is 3.18. The van der Waals surface area contributed by atoms with Gasteiger partial charge in [0.05, 0.1) is 23.4 Å². The molecule has 0 unspecified atom stereocenters. The Morgan fingerprint density at radius 2 is 1.88 bits per heavy atom. The molecule has 2 rings (SSSR count). The van der Waals surface area contributed by atoms with Crippen LogP contribution in [0.4, 0.5) is 5.69 Å². The molecular formula is C19H19Cl2NO4. The van der Waals surface area contributed by atoms with Gasteiger partial charge in [-0.25, -0.2) is 0 Å². The number of hydrogen-bond acceptors (Lipinski definition) is 3. The number of benzene rings is 2. The van der Waals surface area contributed by atoms with Gasteiger partial charge in [-0.2, -0.15) is 0 Å². The van der Waals surface area contributed by atoms with Crippen LogP contribution in [0.3, 0.4) is 0 Å². The van der Waals surface area contributed by atoms with Crippen molar-refractivity contribution in [3.63, 3.8) is 0 Å². The minimum atomic E-state index is -0.850. The first-order chi connectivity index (χ1) is 12.3. The lowest BCUT2D eigenvalue weighted by Gasteiger charge is -2.22. The number of hydrogen-bond donors (Lipinski definition) is 1. The highest BCUT2D eigenvalue weighted by atomic mass is 35.5. The summed E-state index contributed by atoms with van der Waals surface area (Å²) in [6.45, 7) is 0. The standard InChI is InChI=1S/C19H19Cl2NO4/c1-22(19(25)15-9-7-13(20)10-16(15)21)17-11-14(26-2)8-6-12(17)4-3-5-18(23)24/h6-11H,3-5H2,1-2H3,(H,23,24). The molecule has 0 radical (unpaired) electrons. The first-order valence-corrected chi connectivity index (χ1v) is 8.71. The van der Waals surface area contributed by atoms with E-state index in [1.54, 1.807) is 38.4 Å². The number of methoxy groups -OCH3 is 1. The largest absolute Gasteiger partial charge is 0.497 e. The van der Waals surface area contributed by atoms with E-state index in [2.05, 4.69) is 0 Å². The van der Waals surface area contributed by atoms with Crippen LogP contribution in [0.5, 0.6) is 5.75 Å². The van der Waals surface area contributed by atoms with Crippen LogP contribution < -0.4 is 9.64 Å². The lowest BCUT2D eigenvalue weighted by atomic mass is 10.0. The molecule has 1 N–H and O–H groups in total. The van der Waals surface area contributed by atoms with Crippen LogP contribution in [0.25, 0.3) is 0 Å². The summed E-state index contributed by atoms with van der Waals surface area (Å²) in [4.78, 5) is 25.1. The molecule has 0 aliphatic rings. The average molecular weight is 396 g/mol. The predicted octanol–water partition coefficient (Wildman–Crippen LogP) is 4.69. The molecule has 0 fully saturated rings. The molecular weight excluding hydrogens is 377 g/mol. The number of halogens is 2. The summed E-state index contributed by atoms with van der Waals surface area (Å²) in [5, 5.41) is 9.55. The Bertz CT molecular complexity index is 823. The predicted molar refractivity (Wildman–Crippen MR) is 103 cm³/mol. The molecule has 7 heteroatoms. The maximum absolute atomic E-state index is 12.9. The molecule has 1 amide bonds.